The molecule has 0 atom stereocenters. The normalized spacial score (nSPS) is 11.2. The first-order valence-corrected chi connectivity index (χ1v) is 6.66. The maximum Gasteiger partial charge on any atom is 0.267 e. The molecule has 0 aliphatic rings. The maximum atomic E-state index is 11.9. The van der Waals surface area contributed by atoms with Gasteiger partial charge in [-0.05, 0) is 42.5 Å². The van der Waals surface area contributed by atoms with Gasteiger partial charge in [-0.1, -0.05) is 23.7 Å². The second kappa shape index (κ2) is 7.40. The second-order valence-corrected chi connectivity index (χ2v) is 4.69. The van der Waals surface area contributed by atoms with Crippen LogP contribution in [0.25, 0.3) is 12.2 Å². The largest absolute Gasteiger partial charge is 0.457 e. The third-order valence-electron chi connectivity index (χ3n) is 2.66. The Kier molecular flexibility index (Phi) is 5.30. The quantitative estimate of drug-likeness (QED) is 0.383. The van der Waals surface area contributed by atoms with Crippen molar-refractivity contribution in [2.24, 2.45) is 0 Å². The Hall–Kier alpha value is -2.63. The van der Waals surface area contributed by atoms with E-state index in [-0.39, 0.29) is 5.78 Å². The van der Waals surface area contributed by atoms with Gasteiger partial charge < -0.3 is 4.42 Å². The van der Waals surface area contributed by atoms with E-state index in [4.69, 9.17) is 21.2 Å². The smallest absolute Gasteiger partial charge is 0.267 e. The zero-order valence-corrected chi connectivity index (χ0v) is 12.1. The summed E-state index contributed by atoms with van der Waals surface area (Å²) < 4.78 is 5.38. The van der Waals surface area contributed by atoms with E-state index in [1.807, 2.05) is 0 Å². The summed E-state index contributed by atoms with van der Waals surface area (Å²) in [7, 11) is 0. The Morgan fingerprint density at radius 2 is 1.77 bits per heavy atom. The molecule has 0 aliphatic heterocycles. The highest BCUT2D eigenvalue weighted by atomic mass is 35.5. The summed E-state index contributed by atoms with van der Waals surface area (Å²) in [6.45, 7) is 0. The molecule has 2 rings (SSSR count). The number of halogens is 1. The van der Waals surface area contributed by atoms with Crippen LogP contribution in [0.5, 0.6) is 0 Å². The van der Waals surface area contributed by atoms with Crippen LogP contribution >= 0.6 is 11.6 Å². The van der Waals surface area contributed by atoms with Gasteiger partial charge in [0.1, 0.15) is 11.5 Å². The summed E-state index contributed by atoms with van der Waals surface area (Å²) in [4.78, 5) is 22.8. The Bertz CT molecular complexity index is 746. The van der Waals surface area contributed by atoms with Crippen molar-refractivity contribution in [1.82, 2.24) is 5.48 Å². The standard InChI is InChI=1S/C16H12ClNO4/c17-12-3-1-2-11(10-12)15(19)8-6-13-4-5-14(22-13)7-9-16(20)18-21/h1-10,21H,(H,18,20)/b8-6+,9-7+. The lowest BCUT2D eigenvalue weighted by atomic mass is 10.1. The topological polar surface area (TPSA) is 79.5 Å². The summed E-state index contributed by atoms with van der Waals surface area (Å²) in [5, 5.41) is 8.84. The van der Waals surface area contributed by atoms with Crippen LogP contribution in [-0.2, 0) is 4.79 Å². The van der Waals surface area contributed by atoms with Crippen molar-refractivity contribution < 1.29 is 19.2 Å². The molecule has 0 aliphatic carbocycles. The van der Waals surface area contributed by atoms with Crippen molar-refractivity contribution in [2.75, 3.05) is 0 Å². The molecule has 0 bridgehead atoms. The van der Waals surface area contributed by atoms with Gasteiger partial charge in [0, 0.05) is 16.7 Å². The zero-order valence-electron chi connectivity index (χ0n) is 11.3. The van der Waals surface area contributed by atoms with Crippen molar-refractivity contribution in [3.8, 4) is 0 Å². The average molecular weight is 318 g/mol. The number of carbonyl (C=O) groups is 2. The average Bonchev–Trinajstić information content (AvgIpc) is 2.98. The number of nitrogens with one attached hydrogen (secondary N) is 1. The fourth-order valence-electron chi connectivity index (χ4n) is 1.64. The summed E-state index contributed by atoms with van der Waals surface area (Å²) >= 11 is 5.83. The first-order chi connectivity index (χ1) is 10.6. The maximum absolute atomic E-state index is 11.9. The molecule has 0 saturated heterocycles. The number of ketones is 1. The molecular weight excluding hydrogens is 306 g/mol. The van der Waals surface area contributed by atoms with Gasteiger partial charge in [-0.2, -0.15) is 0 Å². The lowest BCUT2D eigenvalue weighted by Crippen LogP contribution is -2.14. The highest BCUT2D eigenvalue weighted by Gasteiger charge is 2.03. The van der Waals surface area contributed by atoms with Gasteiger partial charge in [0.25, 0.3) is 5.91 Å². The molecule has 112 valence electrons. The van der Waals surface area contributed by atoms with E-state index in [9.17, 15) is 9.59 Å². The predicted molar refractivity (Wildman–Crippen MR) is 82.5 cm³/mol. The van der Waals surface area contributed by atoms with Gasteiger partial charge in [0.05, 0.1) is 0 Å². The van der Waals surface area contributed by atoms with E-state index in [1.165, 1.54) is 23.7 Å². The van der Waals surface area contributed by atoms with Crippen LogP contribution in [-0.4, -0.2) is 16.9 Å². The number of carbonyl (C=O) groups excluding carboxylic acids is 2. The van der Waals surface area contributed by atoms with Gasteiger partial charge >= 0.3 is 0 Å². The van der Waals surface area contributed by atoms with Gasteiger partial charge in [-0.25, -0.2) is 5.48 Å². The number of benzene rings is 1. The molecule has 0 unspecified atom stereocenters. The monoisotopic (exact) mass is 317 g/mol. The fourth-order valence-corrected chi connectivity index (χ4v) is 1.83. The zero-order chi connectivity index (χ0) is 15.9. The fraction of sp³-hybridized carbons (Fsp3) is 0. The molecule has 5 nitrogen and oxygen atoms in total. The number of rotatable bonds is 5. The number of hydrogen-bond donors (Lipinski definition) is 2. The Balaban J connectivity index is 2.05. The SMILES string of the molecule is O=C(/C=C/c1ccc(/C=C/C(=O)c2cccc(Cl)c2)o1)NO. The highest BCUT2D eigenvalue weighted by molar-refractivity contribution is 6.31. The first-order valence-electron chi connectivity index (χ1n) is 6.28. The van der Waals surface area contributed by atoms with Crippen LogP contribution in [0.15, 0.2) is 53.0 Å². The van der Waals surface area contributed by atoms with Crippen molar-refractivity contribution in [3.05, 3.63) is 70.7 Å². The Morgan fingerprint density at radius 1 is 1.09 bits per heavy atom. The molecule has 2 aromatic rings. The highest BCUT2D eigenvalue weighted by Crippen LogP contribution is 2.14. The summed E-state index contributed by atoms with van der Waals surface area (Å²) in [6.07, 6.45) is 5.40. The van der Waals surface area contributed by atoms with Crippen molar-refractivity contribution in [1.29, 1.82) is 0 Å². The van der Waals surface area contributed by atoms with Crippen LogP contribution in [0, 0.1) is 0 Å². The molecule has 1 aromatic heterocycles. The molecule has 0 radical (unpaired) electrons. The lowest BCUT2D eigenvalue weighted by Gasteiger charge is -1.95. The van der Waals surface area contributed by atoms with Crippen molar-refractivity contribution in [2.45, 2.75) is 0 Å². The van der Waals surface area contributed by atoms with E-state index in [0.717, 1.165) is 6.08 Å². The summed E-state index contributed by atoms with van der Waals surface area (Å²) in [5.41, 5.74) is 1.95. The molecule has 2 N–H and O–H groups in total. The van der Waals surface area contributed by atoms with Crippen LogP contribution in [0.2, 0.25) is 5.02 Å². The number of furan rings is 1. The van der Waals surface area contributed by atoms with Gasteiger partial charge in [-0.15, -0.1) is 0 Å². The van der Waals surface area contributed by atoms with Gasteiger partial charge in [0.15, 0.2) is 5.78 Å². The van der Waals surface area contributed by atoms with E-state index in [0.29, 0.717) is 22.1 Å². The third kappa shape index (κ3) is 4.44. The van der Waals surface area contributed by atoms with E-state index < -0.39 is 5.91 Å². The van der Waals surface area contributed by atoms with E-state index in [1.54, 1.807) is 36.4 Å². The minimum Gasteiger partial charge on any atom is -0.457 e. The number of amides is 1. The molecule has 0 fully saturated rings. The molecule has 0 spiro atoms. The molecule has 1 aromatic carbocycles. The number of hydroxylamine groups is 1. The summed E-state index contributed by atoms with van der Waals surface area (Å²) in [5.74, 6) is 0.0122. The minimum absolute atomic E-state index is 0.198. The number of allylic oxidation sites excluding steroid dienone is 1. The Labute approximate surface area is 131 Å². The molecule has 1 heterocycles. The van der Waals surface area contributed by atoms with Gasteiger partial charge in [0.2, 0.25) is 0 Å². The Morgan fingerprint density at radius 3 is 2.41 bits per heavy atom. The lowest BCUT2D eigenvalue weighted by molar-refractivity contribution is -0.124. The van der Waals surface area contributed by atoms with Gasteiger partial charge in [-0.3, -0.25) is 14.8 Å². The second-order valence-electron chi connectivity index (χ2n) is 4.26. The van der Waals surface area contributed by atoms with Crippen LogP contribution in [0.1, 0.15) is 21.9 Å². The predicted octanol–water partition coefficient (Wildman–Crippen LogP) is 3.35. The number of hydrogen-bond acceptors (Lipinski definition) is 4. The van der Waals surface area contributed by atoms with Crippen LogP contribution < -0.4 is 5.48 Å². The first kappa shape index (κ1) is 15.8. The van der Waals surface area contributed by atoms with Crippen LogP contribution in [0.4, 0.5) is 0 Å². The molecular formula is C16H12ClNO4. The minimum atomic E-state index is -0.662. The van der Waals surface area contributed by atoms with Crippen molar-refractivity contribution in [3.63, 3.8) is 0 Å². The summed E-state index contributed by atoms with van der Waals surface area (Å²) in [6, 6.07) is 9.92. The van der Waals surface area contributed by atoms with E-state index in [2.05, 4.69) is 0 Å². The molecule has 0 saturated carbocycles. The molecule has 6 heteroatoms. The van der Waals surface area contributed by atoms with E-state index >= 15 is 0 Å². The van der Waals surface area contributed by atoms with Crippen LogP contribution in [0.3, 0.4) is 0 Å². The molecule has 1 amide bonds. The third-order valence-corrected chi connectivity index (χ3v) is 2.90. The molecule has 22 heavy (non-hydrogen) atoms. The van der Waals surface area contributed by atoms with Crippen molar-refractivity contribution >= 4 is 35.4 Å².